The summed E-state index contributed by atoms with van der Waals surface area (Å²) >= 11 is 0. The quantitative estimate of drug-likeness (QED) is 0.893. The van der Waals surface area contributed by atoms with E-state index in [1.807, 2.05) is 6.92 Å². The highest BCUT2D eigenvalue weighted by atomic mass is 16.5. The van der Waals surface area contributed by atoms with E-state index in [1.54, 1.807) is 30.2 Å². The van der Waals surface area contributed by atoms with E-state index in [0.717, 1.165) is 5.56 Å². The number of ether oxygens (including phenoxy) is 2. The minimum Gasteiger partial charge on any atom is -0.497 e. The van der Waals surface area contributed by atoms with Gasteiger partial charge in [0, 0.05) is 25.8 Å². The first kappa shape index (κ1) is 16.3. The lowest BCUT2D eigenvalue weighted by Gasteiger charge is -2.24. The molecular weight excluding hydrogens is 286 g/mol. The van der Waals surface area contributed by atoms with Gasteiger partial charge in [-0.25, -0.2) is 0 Å². The van der Waals surface area contributed by atoms with Gasteiger partial charge in [-0.3, -0.25) is 9.59 Å². The maximum absolute atomic E-state index is 12.6. The molecular formula is C16H21NO5. The lowest BCUT2D eigenvalue weighted by Crippen LogP contribution is -2.40. The molecule has 6 heteroatoms. The van der Waals surface area contributed by atoms with Crippen LogP contribution in [0.15, 0.2) is 18.2 Å². The van der Waals surface area contributed by atoms with Crippen molar-refractivity contribution in [1.82, 2.24) is 4.90 Å². The Balaban J connectivity index is 2.19. The van der Waals surface area contributed by atoms with Gasteiger partial charge in [-0.15, -0.1) is 0 Å². The molecule has 1 saturated heterocycles. The SMILES string of the molecule is COCC1(C(=O)O)CCN(C(=O)c2ccc(OC)cc2C)C1. The van der Waals surface area contributed by atoms with Gasteiger partial charge in [0.1, 0.15) is 11.2 Å². The number of aryl methyl sites for hydroxylation is 1. The first-order valence-electron chi connectivity index (χ1n) is 7.10. The first-order valence-corrected chi connectivity index (χ1v) is 7.10. The molecule has 1 aromatic rings. The second-order valence-corrected chi connectivity index (χ2v) is 5.68. The molecule has 1 unspecified atom stereocenters. The van der Waals surface area contributed by atoms with Gasteiger partial charge >= 0.3 is 5.97 Å². The second kappa shape index (κ2) is 6.36. The Kier molecular flexibility index (Phi) is 4.71. The molecule has 1 fully saturated rings. The summed E-state index contributed by atoms with van der Waals surface area (Å²) in [6.45, 7) is 2.53. The smallest absolute Gasteiger partial charge is 0.313 e. The molecule has 2 rings (SSSR count). The van der Waals surface area contributed by atoms with E-state index in [2.05, 4.69) is 0 Å². The summed E-state index contributed by atoms with van der Waals surface area (Å²) in [5.74, 6) is -0.384. The van der Waals surface area contributed by atoms with Crippen LogP contribution in [0.1, 0.15) is 22.3 Å². The van der Waals surface area contributed by atoms with Crippen LogP contribution >= 0.6 is 0 Å². The highest BCUT2D eigenvalue weighted by Gasteiger charge is 2.46. The van der Waals surface area contributed by atoms with Crippen molar-refractivity contribution >= 4 is 11.9 Å². The lowest BCUT2D eigenvalue weighted by atomic mass is 9.88. The zero-order chi connectivity index (χ0) is 16.3. The number of aliphatic carboxylic acids is 1. The Bertz CT molecular complexity index is 586. The third kappa shape index (κ3) is 2.92. The Labute approximate surface area is 129 Å². The van der Waals surface area contributed by atoms with Crippen molar-refractivity contribution in [3.05, 3.63) is 29.3 Å². The number of carbonyl (C=O) groups is 2. The molecule has 0 aromatic heterocycles. The van der Waals surface area contributed by atoms with Crippen LogP contribution in [0.5, 0.6) is 5.75 Å². The largest absolute Gasteiger partial charge is 0.497 e. The van der Waals surface area contributed by atoms with Crippen molar-refractivity contribution in [1.29, 1.82) is 0 Å². The molecule has 0 radical (unpaired) electrons. The van der Waals surface area contributed by atoms with Gasteiger partial charge in [0.05, 0.1) is 13.7 Å². The van der Waals surface area contributed by atoms with Crippen molar-refractivity contribution < 1.29 is 24.2 Å². The van der Waals surface area contributed by atoms with Crippen LogP contribution in [0.25, 0.3) is 0 Å². The topological polar surface area (TPSA) is 76.1 Å². The second-order valence-electron chi connectivity index (χ2n) is 5.68. The number of carboxylic acid groups (broad SMARTS) is 1. The number of hydrogen-bond acceptors (Lipinski definition) is 4. The van der Waals surface area contributed by atoms with Gasteiger partial charge in [0.15, 0.2) is 0 Å². The number of nitrogens with zero attached hydrogens (tertiary/aromatic N) is 1. The summed E-state index contributed by atoms with van der Waals surface area (Å²) in [4.78, 5) is 25.8. The van der Waals surface area contributed by atoms with Crippen LogP contribution in [0.4, 0.5) is 0 Å². The molecule has 1 amide bonds. The average Bonchev–Trinajstić information content (AvgIpc) is 2.92. The number of amides is 1. The minimum atomic E-state index is -1.01. The molecule has 22 heavy (non-hydrogen) atoms. The van der Waals surface area contributed by atoms with Gasteiger partial charge < -0.3 is 19.5 Å². The van der Waals surface area contributed by atoms with Crippen molar-refractivity contribution in [3.8, 4) is 5.75 Å². The summed E-state index contributed by atoms with van der Waals surface area (Å²) in [5, 5.41) is 9.45. The molecule has 1 aliphatic heterocycles. The lowest BCUT2D eigenvalue weighted by molar-refractivity contribution is -0.151. The highest BCUT2D eigenvalue weighted by molar-refractivity contribution is 5.96. The molecule has 0 spiro atoms. The van der Waals surface area contributed by atoms with Crippen molar-refractivity contribution in [3.63, 3.8) is 0 Å². The molecule has 0 aliphatic carbocycles. The maximum Gasteiger partial charge on any atom is 0.313 e. The maximum atomic E-state index is 12.6. The van der Waals surface area contributed by atoms with Crippen LogP contribution in [0.3, 0.4) is 0 Å². The summed E-state index contributed by atoms with van der Waals surface area (Å²) in [6, 6.07) is 5.24. The first-order chi connectivity index (χ1) is 10.4. The number of benzene rings is 1. The number of rotatable bonds is 5. The standard InChI is InChI=1S/C16H21NO5/c1-11-8-12(22-3)4-5-13(11)14(18)17-7-6-16(9-17,10-21-2)15(19)20/h4-5,8H,6-7,9-10H2,1-3H3,(H,19,20). The zero-order valence-corrected chi connectivity index (χ0v) is 13.1. The normalized spacial score (nSPS) is 21.0. The van der Waals surface area contributed by atoms with Gasteiger partial charge in [0.25, 0.3) is 5.91 Å². The Morgan fingerprint density at radius 2 is 2.09 bits per heavy atom. The van der Waals surface area contributed by atoms with E-state index in [9.17, 15) is 14.7 Å². The predicted octanol–water partition coefficient (Wildman–Crippen LogP) is 1.57. The molecule has 1 atom stereocenters. The van der Waals surface area contributed by atoms with Crippen LogP contribution in [-0.2, 0) is 9.53 Å². The number of carboxylic acids is 1. The summed E-state index contributed by atoms with van der Waals surface area (Å²) in [6.07, 6.45) is 0.400. The van der Waals surface area contributed by atoms with E-state index < -0.39 is 11.4 Å². The fraction of sp³-hybridized carbons (Fsp3) is 0.500. The molecule has 1 aromatic carbocycles. The number of methoxy groups -OCH3 is 2. The monoisotopic (exact) mass is 307 g/mol. The van der Waals surface area contributed by atoms with Crippen LogP contribution in [0, 0.1) is 12.3 Å². The van der Waals surface area contributed by atoms with E-state index in [1.165, 1.54) is 7.11 Å². The molecule has 0 bridgehead atoms. The Morgan fingerprint density at radius 3 is 2.64 bits per heavy atom. The summed E-state index contributed by atoms with van der Waals surface area (Å²) < 4.78 is 10.2. The minimum absolute atomic E-state index is 0.105. The van der Waals surface area contributed by atoms with E-state index in [0.29, 0.717) is 24.3 Å². The summed E-state index contributed by atoms with van der Waals surface area (Å²) in [5.41, 5.74) is 0.369. The highest BCUT2D eigenvalue weighted by Crippen LogP contribution is 2.32. The van der Waals surface area contributed by atoms with E-state index in [4.69, 9.17) is 9.47 Å². The van der Waals surface area contributed by atoms with E-state index >= 15 is 0 Å². The molecule has 1 aliphatic rings. The van der Waals surface area contributed by atoms with Gasteiger partial charge in [-0.2, -0.15) is 0 Å². The van der Waals surface area contributed by atoms with Gasteiger partial charge in [0.2, 0.25) is 0 Å². The molecule has 1 heterocycles. The molecule has 0 saturated carbocycles. The summed E-state index contributed by atoms with van der Waals surface area (Å²) in [7, 11) is 3.05. The molecule has 1 N–H and O–H groups in total. The number of likely N-dealkylation sites (tertiary alicyclic amines) is 1. The fourth-order valence-electron chi connectivity index (χ4n) is 2.85. The fourth-order valence-corrected chi connectivity index (χ4v) is 2.85. The predicted molar refractivity (Wildman–Crippen MR) is 80.2 cm³/mol. The Hall–Kier alpha value is -2.08. The van der Waals surface area contributed by atoms with Crippen LogP contribution < -0.4 is 4.74 Å². The number of carbonyl (C=O) groups excluding carboxylic acids is 1. The van der Waals surface area contributed by atoms with Crippen LogP contribution in [-0.4, -0.2) is 55.8 Å². The molecule has 120 valence electrons. The third-order valence-electron chi connectivity index (χ3n) is 4.18. The van der Waals surface area contributed by atoms with Crippen molar-refractivity contribution in [2.75, 3.05) is 33.9 Å². The molecule has 6 nitrogen and oxygen atoms in total. The van der Waals surface area contributed by atoms with Gasteiger partial charge in [-0.1, -0.05) is 0 Å². The Morgan fingerprint density at radius 1 is 1.36 bits per heavy atom. The van der Waals surface area contributed by atoms with Crippen LogP contribution in [0.2, 0.25) is 0 Å². The van der Waals surface area contributed by atoms with Crippen molar-refractivity contribution in [2.45, 2.75) is 13.3 Å². The zero-order valence-electron chi connectivity index (χ0n) is 13.1. The van der Waals surface area contributed by atoms with E-state index in [-0.39, 0.29) is 19.1 Å². The van der Waals surface area contributed by atoms with Crippen molar-refractivity contribution in [2.24, 2.45) is 5.41 Å². The third-order valence-corrected chi connectivity index (χ3v) is 4.18. The number of hydrogen-bond donors (Lipinski definition) is 1. The average molecular weight is 307 g/mol. The van der Waals surface area contributed by atoms with Gasteiger partial charge in [-0.05, 0) is 37.1 Å².